The van der Waals surface area contributed by atoms with Crippen LogP contribution in [0.3, 0.4) is 0 Å². The van der Waals surface area contributed by atoms with Crippen LogP contribution in [0.2, 0.25) is 0 Å². The Labute approximate surface area is 127 Å². The van der Waals surface area contributed by atoms with Gasteiger partial charge >= 0.3 is 0 Å². The van der Waals surface area contributed by atoms with Crippen LogP contribution in [-0.2, 0) is 14.6 Å². The predicted molar refractivity (Wildman–Crippen MR) is 81.9 cm³/mol. The molecular formula is C13H25ClN2O3S. The van der Waals surface area contributed by atoms with Gasteiger partial charge in [-0.25, -0.2) is 8.42 Å². The Bertz CT molecular complexity index is 435. The van der Waals surface area contributed by atoms with Crippen LogP contribution in [0, 0.1) is 0 Å². The summed E-state index contributed by atoms with van der Waals surface area (Å²) in [7, 11) is -3.26. The highest BCUT2D eigenvalue weighted by atomic mass is 35.5. The van der Waals surface area contributed by atoms with Crippen LogP contribution >= 0.6 is 12.4 Å². The summed E-state index contributed by atoms with van der Waals surface area (Å²) >= 11 is 0. The largest absolute Gasteiger partial charge is 0.336 e. The summed E-state index contributed by atoms with van der Waals surface area (Å²) in [4.78, 5) is 14.0. The van der Waals surface area contributed by atoms with E-state index in [2.05, 4.69) is 5.32 Å². The van der Waals surface area contributed by atoms with Gasteiger partial charge in [0.25, 0.3) is 0 Å². The minimum absolute atomic E-state index is 0. The number of halogens is 1. The zero-order valence-corrected chi connectivity index (χ0v) is 13.8. The molecule has 7 heteroatoms. The molecule has 2 atom stereocenters. The van der Waals surface area contributed by atoms with E-state index in [0.717, 1.165) is 32.2 Å². The molecule has 0 spiro atoms. The van der Waals surface area contributed by atoms with Crippen molar-refractivity contribution in [2.45, 2.75) is 56.9 Å². The molecule has 20 heavy (non-hydrogen) atoms. The fourth-order valence-electron chi connectivity index (χ4n) is 3.03. The first-order chi connectivity index (χ1) is 8.92. The lowest BCUT2D eigenvalue weighted by Crippen LogP contribution is -2.58. The van der Waals surface area contributed by atoms with E-state index in [0.29, 0.717) is 6.54 Å². The molecule has 2 rings (SSSR count). The number of carbonyl (C=O) groups excluding carboxylic acids is 1. The average Bonchev–Trinajstić information content (AvgIpc) is 2.86. The lowest BCUT2D eigenvalue weighted by Gasteiger charge is -2.38. The number of piperazine rings is 1. The maximum absolute atomic E-state index is 12.2. The Balaban J connectivity index is 0.00000200. The summed E-state index contributed by atoms with van der Waals surface area (Å²) in [6, 6.07) is 0.270. The summed E-state index contributed by atoms with van der Waals surface area (Å²) < 4.78 is 24.4. The lowest BCUT2D eigenvalue weighted by atomic mass is 10.1. The van der Waals surface area contributed by atoms with Crippen LogP contribution in [0.5, 0.6) is 0 Å². The summed E-state index contributed by atoms with van der Waals surface area (Å²) in [6.07, 6.45) is 3.39. The minimum Gasteiger partial charge on any atom is -0.336 e. The first kappa shape index (κ1) is 17.7. The minimum atomic E-state index is -3.26. The molecule has 0 aromatic rings. The first-order valence-corrected chi connectivity index (χ1v) is 8.88. The third-order valence-electron chi connectivity index (χ3n) is 4.49. The monoisotopic (exact) mass is 324 g/mol. The molecular weight excluding hydrogens is 300 g/mol. The van der Waals surface area contributed by atoms with Gasteiger partial charge in [-0.05, 0) is 26.7 Å². The number of amides is 1. The average molecular weight is 325 g/mol. The SMILES string of the molecule is CC1NCCN(C(=O)CS(=O)(=O)C2CCCC2)C1C.Cl. The molecule has 1 saturated heterocycles. The molecule has 0 radical (unpaired) electrons. The molecule has 1 heterocycles. The van der Waals surface area contributed by atoms with Crippen LogP contribution in [0.25, 0.3) is 0 Å². The van der Waals surface area contributed by atoms with E-state index in [-0.39, 0.29) is 41.4 Å². The van der Waals surface area contributed by atoms with Crippen LogP contribution < -0.4 is 5.32 Å². The Hall–Kier alpha value is -0.330. The quantitative estimate of drug-likeness (QED) is 0.840. The first-order valence-electron chi connectivity index (χ1n) is 7.16. The number of hydrogen-bond acceptors (Lipinski definition) is 4. The molecule has 1 amide bonds. The van der Waals surface area contributed by atoms with Crippen molar-refractivity contribution >= 4 is 28.2 Å². The Morgan fingerprint density at radius 2 is 1.85 bits per heavy atom. The van der Waals surface area contributed by atoms with E-state index in [9.17, 15) is 13.2 Å². The van der Waals surface area contributed by atoms with E-state index in [1.807, 2.05) is 13.8 Å². The maximum Gasteiger partial charge on any atom is 0.238 e. The normalized spacial score (nSPS) is 28.2. The van der Waals surface area contributed by atoms with Crippen molar-refractivity contribution < 1.29 is 13.2 Å². The second-order valence-corrected chi connectivity index (χ2v) is 8.07. The number of carbonyl (C=O) groups is 1. The van der Waals surface area contributed by atoms with Gasteiger partial charge in [-0.15, -0.1) is 12.4 Å². The Morgan fingerprint density at radius 1 is 1.25 bits per heavy atom. The van der Waals surface area contributed by atoms with Crippen molar-refractivity contribution in [1.82, 2.24) is 10.2 Å². The fraction of sp³-hybridized carbons (Fsp3) is 0.923. The van der Waals surface area contributed by atoms with Gasteiger partial charge in [-0.3, -0.25) is 4.79 Å². The van der Waals surface area contributed by atoms with E-state index >= 15 is 0 Å². The van der Waals surface area contributed by atoms with Gasteiger partial charge in [0.15, 0.2) is 9.84 Å². The van der Waals surface area contributed by atoms with Gasteiger partial charge < -0.3 is 10.2 Å². The summed E-state index contributed by atoms with van der Waals surface area (Å²) in [5.74, 6) is -0.540. The van der Waals surface area contributed by atoms with Gasteiger partial charge in [0.1, 0.15) is 5.75 Å². The van der Waals surface area contributed by atoms with Crippen LogP contribution in [0.4, 0.5) is 0 Å². The van der Waals surface area contributed by atoms with Crippen LogP contribution in [0.1, 0.15) is 39.5 Å². The predicted octanol–water partition coefficient (Wildman–Crippen LogP) is 0.974. The highest BCUT2D eigenvalue weighted by molar-refractivity contribution is 7.92. The van der Waals surface area contributed by atoms with Crippen molar-refractivity contribution in [2.24, 2.45) is 0 Å². The molecule has 0 aromatic carbocycles. The van der Waals surface area contributed by atoms with Crippen molar-refractivity contribution in [2.75, 3.05) is 18.8 Å². The Kier molecular flexibility index (Phi) is 6.28. The topological polar surface area (TPSA) is 66.5 Å². The summed E-state index contributed by atoms with van der Waals surface area (Å²) in [5.41, 5.74) is 0. The van der Waals surface area contributed by atoms with Crippen molar-refractivity contribution in [3.8, 4) is 0 Å². The summed E-state index contributed by atoms with van der Waals surface area (Å²) in [6.45, 7) is 5.33. The van der Waals surface area contributed by atoms with E-state index in [1.165, 1.54) is 0 Å². The molecule has 1 N–H and O–H groups in total. The number of sulfone groups is 1. The molecule has 2 aliphatic rings. The third kappa shape index (κ3) is 3.86. The van der Waals surface area contributed by atoms with E-state index < -0.39 is 9.84 Å². The van der Waals surface area contributed by atoms with Gasteiger partial charge in [0.2, 0.25) is 5.91 Å². The smallest absolute Gasteiger partial charge is 0.238 e. The van der Waals surface area contributed by atoms with E-state index in [1.54, 1.807) is 4.90 Å². The standard InChI is InChI=1S/C13H24N2O3S.ClH/c1-10-11(2)15(8-7-14-10)13(16)9-19(17,18)12-5-3-4-6-12;/h10-12,14H,3-9H2,1-2H3;1H. The fourth-order valence-corrected chi connectivity index (χ4v) is 4.83. The molecule has 1 aliphatic carbocycles. The lowest BCUT2D eigenvalue weighted by molar-refractivity contribution is -0.132. The Morgan fingerprint density at radius 3 is 2.45 bits per heavy atom. The molecule has 2 fully saturated rings. The van der Waals surface area contributed by atoms with Gasteiger partial charge in [-0.1, -0.05) is 12.8 Å². The molecule has 118 valence electrons. The molecule has 1 saturated carbocycles. The van der Waals surface area contributed by atoms with E-state index in [4.69, 9.17) is 0 Å². The van der Waals surface area contributed by atoms with Gasteiger partial charge in [-0.2, -0.15) is 0 Å². The third-order valence-corrected chi connectivity index (χ3v) is 6.63. The molecule has 2 unspecified atom stereocenters. The second-order valence-electron chi connectivity index (χ2n) is 5.78. The molecule has 0 bridgehead atoms. The van der Waals surface area contributed by atoms with Crippen LogP contribution in [-0.4, -0.2) is 55.4 Å². The molecule has 1 aliphatic heterocycles. The van der Waals surface area contributed by atoms with Crippen LogP contribution in [0.15, 0.2) is 0 Å². The zero-order chi connectivity index (χ0) is 14.0. The zero-order valence-electron chi connectivity index (χ0n) is 12.2. The molecule has 5 nitrogen and oxygen atoms in total. The maximum atomic E-state index is 12.2. The number of hydrogen-bond donors (Lipinski definition) is 1. The number of rotatable bonds is 3. The second kappa shape index (κ2) is 7.09. The van der Waals surface area contributed by atoms with Crippen molar-refractivity contribution in [3.63, 3.8) is 0 Å². The highest BCUT2D eigenvalue weighted by Crippen LogP contribution is 2.25. The highest BCUT2D eigenvalue weighted by Gasteiger charge is 2.35. The van der Waals surface area contributed by atoms with Gasteiger partial charge in [0.05, 0.1) is 5.25 Å². The number of nitrogens with zero attached hydrogens (tertiary/aromatic N) is 1. The number of nitrogens with one attached hydrogen (secondary N) is 1. The molecule has 0 aromatic heterocycles. The van der Waals surface area contributed by atoms with Crippen molar-refractivity contribution in [3.05, 3.63) is 0 Å². The summed E-state index contributed by atoms with van der Waals surface area (Å²) in [5, 5.41) is 3.01. The van der Waals surface area contributed by atoms with Gasteiger partial charge in [0, 0.05) is 25.2 Å². The van der Waals surface area contributed by atoms with Crippen molar-refractivity contribution in [1.29, 1.82) is 0 Å².